The molecule has 142 valence electrons. The van der Waals surface area contributed by atoms with Gasteiger partial charge < -0.3 is 15.0 Å². The molecule has 0 bridgehead atoms. The van der Waals surface area contributed by atoms with Crippen LogP contribution < -0.4 is 10.1 Å². The number of carbonyl (C=O) groups is 2. The summed E-state index contributed by atoms with van der Waals surface area (Å²) in [5.41, 5.74) is 1.11. The standard InChI is InChI=1S/C22H26N2O3/c1-17(25)24-14-6-8-19(16-24)22(26)23-13-12-18-7-5-11-21(15-18)27-20-9-3-2-4-10-20/h2-5,7,9-11,15,19H,6,8,12-14,16H2,1H3,(H,23,26)/t19-/m0/s1. The third-order valence-electron chi connectivity index (χ3n) is 4.83. The van der Waals surface area contributed by atoms with E-state index >= 15 is 0 Å². The van der Waals surface area contributed by atoms with E-state index in [1.807, 2.05) is 54.6 Å². The fraction of sp³-hybridized carbons (Fsp3) is 0.364. The zero-order valence-corrected chi connectivity index (χ0v) is 15.7. The number of hydrogen-bond acceptors (Lipinski definition) is 3. The van der Waals surface area contributed by atoms with Crippen molar-refractivity contribution in [1.29, 1.82) is 0 Å². The molecule has 1 aliphatic rings. The first kappa shape index (κ1) is 19.0. The summed E-state index contributed by atoms with van der Waals surface area (Å²) in [6.07, 6.45) is 2.47. The van der Waals surface area contributed by atoms with Gasteiger partial charge in [0.2, 0.25) is 11.8 Å². The van der Waals surface area contributed by atoms with Gasteiger partial charge in [-0.1, -0.05) is 30.3 Å². The van der Waals surface area contributed by atoms with Crippen LogP contribution in [-0.2, 0) is 16.0 Å². The quantitative estimate of drug-likeness (QED) is 0.852. The summed E-state index contributed by atoms with van der Waals surface area (Å²) in [5.74, 6) is 1.57. The second-order valence-electron chi connectivity index (χ2n) is 6.91. The Morgan fingerprint density at radius 3 is 2.67 bits per heavy atom. The molecule has 27 heavy (non-hydrogen) atoms. The number of rotatable bonds is 6. The molecule has 3 rings (SSSR count). The van der Waals surface area contributed by atoms with Gasteiger partial charge in [0, 0.05) is 26.6 Å². The Labute approximate surface area is 160 Å². The Bertz CT molecular complexity index is 776. The highest BCUT2D eigenvalue weighted by molar-refractivity contribution is 5.80. The van der Waals surface area contributed by atoms with Gasteiger partial charge >= 0.3 is 0 Å². The number of hydrogen-bond donors (Lipinski definition) is 1. The average Bonchev–Trinajstić information content (AvgIpc) is 2.69. The number of carbonyl (C=O) groups excluding carboxylic acids is 2. The van der Waals surface area contributed by atoms with Crippen molar-refractivity contribution in [2.45, 2.75) is 26.2 Å². The van der Waals surface area contributed by atoms with Gasteiger partial charge in [0.25, 0.3) is 0 Å². The minimum Gasteiger partial charge on any atom is -0.457 e. The van der Waals surface area contributed by atoms with E-state index in [2.05, 4.69) is 5.32 Å². The average molecular weight is 366 g/mol. The van der Waals surface area contributed by atoms with Crippen LogP contribution in [0.4, 0.5) is 0 Å². The normalized spacial score (nSPS) is 16.6. The predicted octanol–water partition coefficient (Wildman–Crippen LogP) is 3.40. The van der Waals surface area contributed by atoms with Crippen LogP contribution in [0.1, 0.15) is 25.3 Å². The van der Waals surface area contributed by atoms with Crippen LogP contribution in [0.25, 0.3) is 0 Å². The number of benzene rings is 2. The molecule has 1 saturated heterocycles. The van der Waals surface area contributed by atoms with Crippen molar-refractivity contribution in [3.8, 4) is 11.5 Å². The molecule has 1 N–H and O–H groups in total. The van der Waals surface area contributed by atoms with Gasteiger partial charge in [-0.05, 0) is 49.1 Å². The van der Waals surface area contributed by atoms with E-state index in [1.165, 1.54) is 0 Å². The second kappa shape index (κ2) is 9.21. The Balaban J connectivity index is 1.48. The Morgan fingerprint density at radius 1 is 1.11 bits per heavy atom. The van der Waals surface area contributed by atoms with E-state index in [0.29, 0.717) is 13.1 Å². The van der Waals surface area contributed by atoms with E-state index in [-0.39, 0.29) is 17.7 Å². The highest BCUT2D eigenvalue weighted by Crippen LogP contribution is 2.22. The first-order chi connectivity index (χ1) is 13.1. The Hall–Kier alpha value is -2.82. The van der Waals surface area contributed by atoms with E-state index < -0.39 is 0 Å². The molecule has 1 aliphatic heterocycles. The molecule has 0 spiro atoms. The number of amides is 2. The molecule has 0 unspecified atom stereocenters. The van der Waals surface area contributed by atoms with Gasteiger partial charge in [-0.15, -0.1) is 0 Å². The lowest BCUT2D eigenvalue weighted by atomic mass is 9.97. The molecule has 2 aromatic rings. The highest BCUT2D eigenvalue weighted by Gasteiger charge is 2.26. The van der Waals surface area contributed by atoms with Gasteiger partial charge in [0.05, 0.1) is 5.92 Å². The van der Waals surface area contributed by atoms with Gasteiger partial charge in [-0.25, -0.2) is 0 Å². The molecule has 0 aliphatic carbocycles. The maximum atomic E-state index is 12.4. The molecule has 1 fully saturated rings. The summed E-state index contributed by atoms with van der Waals surface area (Å²) in [6.45, 7) is 3.42. The van der Waals surface area contributed by atoms with Crippen molar-refractivity contribution in [3.05, 3.63) is 60.2 Å². The maximum Gasteiger partial charge on any atom is 0.224 e. The smallest absolute Gasteiger partial charge is 0.224 e. The molecule has 2 aromatic carbocycles. The van der Waals surface area contributed by atoms with E-state index in [1.54, 1.807) is 11.8 Å². The fourth-order valence-corrected chi connectivity index (χ4v) is 3.34. The van der Waals surface area contributed by atoms with Gasteiger partial charge in [-0.3, -0.25) is 9.59 Å². The van der Waals surface area contributed by atoms with Crippen LogP contribution in [0.5, 0.6) is 11.5 Å². The number of nitrogens with zero attached hydrogens (tertiary/aromatic N) is 1. The molecular weight excluding hydrogens is 340 g/mol. The summed E-state index contributed by atoms with van der Waals surface area (Å²) in [6, 6.07) is 17.6. The molecule has 0 aromatic heterocycles. The summed E-state index contributed by atoms with van der Waals surface area (Å²) < 4.78 is 5.85. The lowest BCUT2D eigenvalue weighted by Crippen LogP contribution is -2.45. The van der Waals surface area contributed by atoms with Crippen LogP contribution >= 0.6 is 0 Å². The Kier molecular flexibility index (Phi) is 6.47. The number of ether oxygens (including phenoxy) is 1. The van der Waals surface area contributed by atoms with Crippen molar-refractivity contribution >= 4 is 11.8 Å². The molecule has 5 nitrogen and oxygen atoms in total. The van der Waals surface area contributed by atoms with Crippen molar-refractivity contribution in [2.24, 2.45) is 5.92 Å². The molecule has 0 saturated carbocycles. The minimum absolute atomic E-state index is 0.0395. The minimum atomic E-state index is -0.101. The van der Waals surface area contributed by atoms with Crippen LogP contribution in [0.2, 0.25) is 0 Å². The Morgan fingerprint density at radius 2 is 1.89 bits per heavy atom. The lowest BCUT2D eigenvalue weighted by molar-refractivity contribution is -0.133. The second-order valence-corrected chi connectivity index (χ2v) is 6.91. The van der Waals surface area contributed by atoms with Crippen LogP contribution in [0.15, 0.2) is 54.6 Å². The fourth-order valence-electron chi connectivity index (χ4n) is 3.34. The monoisotopic (exact) mass is 366 g/mol. The maximum absolute atomic E-state index is 12.4. The van der Waals surface area contributed by atoms with Crippen LogP contribution in [0.3, 0.4) is 0 Å². The first-order valence-electron chi connectivity index (χ1n) is 9.47. The topological polar surface area (TPSA) is 58.6 Å². The van der Waals surface area contributed by atoms with Crippen LogP contribution in [0, 0.1) is 5.92 Å². The van der Waals surface area contributed by atoms with Crippen molar-refractivity contribution in [1.82, 2.24) is 10.2 Å². The predicted molar refractivity (Wildman–Crippen MR) is 105 cm³/mol. The van der Waals surface area contributed by atoms with Gasteiger partial charge in [0.15, 0.2) is 0 Å². The summed E-state index contributed by atoms with van der Waals surface area (Å²) in [4.78, 5) is 25.7. The van der Waals surface area contributed by atoms with E-state index in [0.717, 1.165) is 42.9 Å². The van der Waals surface area contributed by atoms with E-state index in [4.69, 9.17) is 4.74 Å². The highest BCUT2D eigenvalue weighted by atomic mass is 16.5. The summed E-state index contributed by atoms with van der Waals surface area (Å²) in [7, 11) is 0. The number of para-hydroxylation sites is 1. The largest absolute Gasteiger partial charge is 0.457 e. The molecule has 1 atom stereocenters. The molecule has 5 heteroatoms. The van der Waals surface area contributed by atoms with Gasteiger partial charge in [-0.2, -0.15) is 0 Å². The van der Waals surface area contributed by atoms with Gasteiger partial charge in [0.1, 0.15) is 11.5 Å². The zero-order chi connectivity index (χ0) is 19.1. The number of likely N-dealkylation sites (tertiary alicyclic amines) is 1. The van der Waals surface area contributed by atoms with Crippen molar-refractivity contribution in [3.63, 3.8) is 0 Å². The van der Waals surface area contributed by atoms with E-state index in [9.17, 15) is 9.59 Å². The first-order valence-corrected chi connectivity index (χ1v) is 9.47. The third-order valence-corrected chi connectivity index (χ3v) is 4.83. The third kappa shape index (κ3) is 5.58. The summed E-state index contributed by atoms with van der Waals surface area (Å²) in [5, 5.41) is 3.01. The van der Waals surface area contributed by atoms with Crippen molar-refractivity contribution in [2.75, 3.05) is 19.6 Å². The molecule has 1 heterocycles. The molecule has 2 amide bonds. The lowest BCUT2D eigenvalue weighted by Gasteiger charge is -2.31. The zero-order valence-electron chi connectivity index (χ0n) is 15.7. The molecule has 0 radical (unpaired) electrons. The van der Waals surface area contributed by atoms with Crippen molar-refractivity contribution < 1.29 is 14.3 Å². The molecular formula is C22H26N2O3. The number of nitrogens with one attached hydrogen (secondary N) is 1. The SMILES string of the molecule is CC(=O)N1CCC[C@H](C(=O)NCCc2cccc(Oc3ccccc3)c2)C1. The number of piperidine rings is 1. The summed E-state index contributed by atoms with van der Waals surface area (Å²) >= 11 is 0. The van der Waals surface area contributed by atoms with Crippen LogP contribution in [-0.4, -0.2) is 36.3 Å².